The molecule has 1 aromatic rings. The van der Waals surface area contributed by atoms with Crippen LogP contribution in [0.3, 0.4) is 0 Å². The largest absolute Gasteiger partial charge is 0.393 e. The van der Waals surface area contributed by atoms with E-state index in [9.17, 15) is 0 Å². The van der Waals surface area contributed by atoms with Crippen LogP contribution in [0.1, 0.15) is 11.3 Å². The highest BCUT2D eigenvalue weighted by Gasteiger charge is 2.10. The van der Waals surface area contributed by atoms with Gasteiger partial charge in [-0.15, -0.1) is 0 Å². The lowest BCUT2D eigenvalue weighted by Gasteiger charge is -2.07. The number of aryl methyl sites for hydroxylation is 2. The second-order valence-electron chi connectivity index (χ2n) is 3.39. The third kappa shape index (κ3) is 1.94. The molecule has 4 heteroatoms. The van der Waals surface area contributed by atoms with Crippen LogP contribution in [0.5, 0.6) is 0 Å². The summed E-state index contributed by atoms with van der Waals surface area (Å²) in [5, 5.41) is 4.11. The Kier molecular flexibility index (Phi) is 2.92. The molecule has 0 N–H and O–H groups in total. The topological polar surface area (TPSA) is 25.4 Å². The molecular weight excluding hydrogens is 176 g/mol. The third-order valence-corrected chi connectivity index (χ3v) is 1.87. The van der Waals surface area contributed by atoms with E-state index in [1.807, 2.05) is 33.0 Å². The molecular formula is C10H14N4. The van der Waals surface area contributed by atoms with Crippen molar-refractivity contribution >= 4 is 5.70 Å². The van der Waals surface area contributed by atoms with Crippen molar-refractivity contribution in [2.75, 3.05) is 14.1 Å². The number of nitrogens with zero attached hydrogens (tertiary/aromatic N) is 4. The Bertz CT molecular complexity index is 373. The van der Waals surface area contributed by atoms with E-state index in [4.69, 9.17) is 6.57 Å². The molecule has 0 saturated heterocycles. The maximum atomic E-state index is 7.11. The molecule has 0 radical (unpaired) electrons. The molecule has 0 amide bonds. The van der Waals surface area contributed by atoms with Gasteiger partial charge in [-0.25, -0.2) is 4.85 Å². The van der Waals surface area contributed by atoms with Crippen molar-refractivity contribution < 1.29 is 0 Å². The van der Waals surface area contributed by atoms with Crippen molar-refractivity contribution in [3.05, 3.63) is 35.1 Å². The summed E-state index contributed by atoms with van der Waals surface area (Å²) in [5.41, 5.74) is 2.53. The van der Waals surface area contributed by atoms with Crippen molar-refractivity contribution in [3.63, 3.8) is 0 Å². The third-order valence-electron chi connectivity index (χ3n) is 1.87. The van der Waals surface area contributed by atoms with Gasteiger partial charge in [-0.3, -0.25) is 4.68 Å². The molecule has 0 bridgehead atoms. The highest BCUT2D eigenvalue weighted by molar-refractivity contribution is 5.70. The molecule has 0 spiro atoms. The van der Waals surface area contributed by atoms with E-state index >= 15 is 0 Å². The SMILES string of the molecule is [C-]#[N+]/C(=C\N(C)C)c1c(C)cnn1C. The average Bonchev–Trinajstić information content (AvgIpc) is 2.43. The monoisotopic (exact) mass is 190 g/mol. The molecule has 0 aliphatic heterocycles. The summed E-state index contributed by atoms with van der Waals surface area (Å²) in [5.74, 6) is 0. The predicted molar refractivity (Wildman–Crippen MR) is 56.2 cm³/mol. The molecule has 0 aromatic carbocycles. The molecule has 0 unspecified atom stereocenters. The molecule has 0 aliphatic carbocycles. The molecule has 1 heterocycles. The molecule has 1 aromatic heterocycles. The van der Waals surface area contributed by atoms with Crippen molar-refractivity contribution in [1.82, 2.24) is 14.7 Å². The summed E-state index contributed by atoms with van der Waals surface area (Å²) < 4.78 is 1.72. The molecule has 4 nitrogen and oxygen atoms in total. The minimum absolute atomic E-state index is 0.618. The summed E-state index contributed by atoms with van der Waals surface area (Å²) in [6.45, 7) is 9.07. The van der Waals surface area contributed by atoms with Crippen molar-refractivity contribution in [1.29, 1.82) is 0 Å². The van der Waals surface area contributed by atoms with Crippen LogP contribution in [0.15, 0.2) is 12.4 Å². The van der Waals surface area contributed by atoms with Crippen LogP contribution in [0.25, 0.3) is 10.5 Å². The Labute approximate surface area is 84.3 Å². The minimum Gasteiger partial charge on any atom is -0.393 e. The van der Waals surface area contributed by atoms with E-state index in [0.717, 1.165) is 11.3 Å². The van der Waals surface area contributed by atoms with Gasteiger partial charge in [-0.05, 0) is 12.5 Å². The summed E-state index contributed by atoms with van der Waals surface area (Å²) >= 11 is 0. The van der Waals surface area contributed by atoms with Crippen LogP contribution in [-0.4, -0.2) is 28.8 Å². The molecule has 0 atom stereocenters. The summed E-state index contributed by atoms with van der Waals surface area (Å²) in [6.07, 6.45) is 3.57. The van der Waals surface area contributed by atoms with E-state index < -0.39 is 0 Å². The Hall–Kier alpha value is -1.76. The normalized spacial score (nSPS) is 11.2. The van der Waals surface area contributed by atoms with E-state index in [1.54, 1.807) is 17.1 Å². The van der Waals surface area contributed by atoms with Crippen molar-refractivity contribution in [3.8, 4) is 0 Å². The highest BCUT2D eigenvalue weighted by atomic mass is 15.3. The quantitative estimate of drug-likeness (QED) is 0.660. The van der Waals surface area contributed by atoms with Gasteiger partial charge in [0, 0.05) is 27.3 Å². The van der Waals surface area contributed by atoms with Gasteiger partial charge < -0.3 is 4.90 Å². The van der Waals surface area contributed by atoms with Gasteiger partial charge in [0.2, 0.25) is 5.70 Å². The van der Waals surface area contributed by atoms with Crippen LogP contribution in [0, 0.1) is 13.5 Å². The lowest BCUT2D eigenvalue weighted by atomic mass is 10.2. The average molecular weight is 190 g/mol. The van der Waals surface area contributed by atoms with Gasteiger partial charge in [-0.2, -0.15) is 5.10 Å². The zero-order valence-corrected chi connectivity index (χ0v) is 8.94. The summed E-state index contributed by atoms with van der Waals surface area (Å²) in [7, 11) is 5.64. The second-order valence-corrected chi connectivity index (χ2v) is 3.39. The number of rotatable bonds is 2. The Morgan fingerprint density at radius 1 is 1.64 bits per heavy atom. The fourth-order valence-corrected chi connectivity index (χ4v) is 1.30. The summed E-state index contributed by atoms with van der Waals surface area (Å²) in [4.78, 5) is 5.36. The van der Waals surface area contributed by atoms with Gasteiger partial charge >= 0.3 is 0 Å². The van der Waals surface area contributed by atoms with Gasteiger partial charge in [-0.1, -0.05) is 0 Å². The van der Waals surface area contributed by atoms with E-state index in [2.05, 4.69) is 9.94 Å². The first-order chi connectivity index (χ1) is 6.56. The lowest BCUT2D eigenvalue weighted by Crippen LogP contribution is -2.04. The van der Waals surface area contributed by atoms with Crippen LogP contribution >= 0.6 is 0 Å². The molecule has 0 aliphatic rings. The van der Waals surface area contributed by atoms with E-state index in [1.165, 1.54) is 0 Å². The van der Waals surface area contributed by atoms with Crippen LogP contribution in [-0.2, 0) is 7.05 Å². The number of hydrogen-bond donors (Lipinski definition) is 0. The predicted octanol–water partition coefficient (Wildman–Crippen LogP) is 1.51. The van der Waals surface area contributed by atoms with Crippen molar-refractivity contribution in [2.45, 2.75) is 6.92 Å². The zero-order chi connectivity index (χ0) is 10.7. The summed E-state index contributed by atoms with van der Waals surface area (Å²) in [6, 6.07) is 0. The maximum Gasteiger partial charge on any atom is 0.227 e. The standard InChI is InChI=1S/C10H14N4/c1-8-6-12-14(5)10(8)9(11-2)7-13(3)4/h6-7H,1,3-5H3/b9-7-. The maximum absolute atomic E-state index is 7.11. The first-order valence-electron chi connectivity index (χ1n) is 4.31. The molecule has 14 heavy (non-hydrogen) atoms. The zero-order valence-electron chi connectivity index (χ0n) is 8.94. The van der Waals surface area contributed by atoms with Gasteiger partial charge in [0.25, 0.3) is 0 Å². The minimum atomic E-state index is 0.618. The Balaban J connectivity index is 3.21. The first kappa shape index (κ1) is 10.3. The van der Waals surface area contributed by atoms with Crippen LogP contribution in [0.4, 0.5) is 0 Å². The number of aromatic nitrogens is 2. The van der Waals surface area contributed by atoms with Crippen LogP contribution in [0.2, 0.25) is 0 Å². The fourth-order valence-electron chi connectivity index (χ4n) is 1.30. The van der Waals surface area contributed by atoms with Gasteiger partial charge in [0.1, 0.15) is 0 Å². The molecule has 0 fully saturated rings. The van der Waals surface area contributed by atoms with Crippen LogP contribution < -0.4 is 0 Å². The smallest absolute Gasteiger partial charge is 0.227 e. The van der Waals surface area contributed by atoms with Crippen molar-refractivity contribution in [2.24, 2.45) is 7.05 Å². The van der Waals surface area contributed by atoms with E-state index in [-0.39, 0.29) is 0 Å². The molecule has 74 valence electrons. The first-order valence-corrected chi connectivity index (χ1v) is 4.31. The lowest BCUT2D eigenvalue weighted by molar-refractivity contribution is 0.565. The van der Waals surface area contributed by atoms with Gasteiger partial charge in [0.05, 0.1) is 18.5 Å². The van der Waals surface area contributed by atoms with Gasteiger partial charge in [0.15, 0.2) is 0 Å². The second kappa shape index (κ2) is 3.97. The Morgan fingerprint density at radius 2 is 2.29 bits per heavy atom. The highest BCUT2D eigenvalue weighted by Crippen LogP contribution is 2.19. The number of hydrogen-bond acceptors (Lipinski definition) is 2. The fraction of sp³-hybridized carbons (Fsp3) is 0.400. The van der Waals surface area contributed by atoms with E-state index in [0.29, 0.717) is 5.70 Å². The Morgan fingerprint density at radius 3 is 2.64 bits per heavy atom. The molecule has 0 saturated carbocycles. The molecule has 1 rings (SSSR count).